The first-order valence-electron chi connectivity index (χ1n) is 5.85. The summed E-state index contributed by atoms with van der Waals surface area (Å²) in [6, 6.07) is 10.1. The average molecular weight is 309 g/mol. The largest absolute Gasteiger partial charge is 0.464 e. The van der Waals surface area contributed by atoms with E-state index in [1.165, 1.54) is 0 Å². The van der Waals surface area contributed by atoms with Crippen LogP contribution in [0.2, 0.25) is 0 Å². The Balaban J connectivity index is 2.23. The van der Waals surface area contributed by atoms with Crippen LogP contribution in [0, 0.1) is 6.92 Å². The quantitative estimate of drug-likeness (QED) is 0.940. The molecule has 2 N–H and O–H groups in total. The molecule has 1 heterocycles. The molecule has 0 amide bonds. The summed E-state index contributed by atoms with van der Waals surface area (Å²) in [7, 11) is 2.04. The van der Waals surface area contributed by atoms with Crippen molar-refractivity contribution in [3.8, 4) is 0 Å². The molecule has 1 aromatic heterocycles. The second kappa shape index (κ2) is 5.59. The van der Waals surface area contributed by atoms with E-state index in [2.05, 4.69) is 26.9 Å². The smallest absolute Gasteiger partial charge is 0.123 e. The Kier molecular flexibility index (Phi) is 4.09. The molecule has 2 aromatic rings. The molecule has 0 aliphatic carbocycles. The lowest BCUT2D eigenvalue weighted by Crippen LogP contribution is -2.18. The minimum Gasteiger partial charge on any atom is -0.464 e. The predicted molar refractivity (Wildman–Crippen MR) is 77.6 cm³/mol. The van der Waals surface area contributed by atoms with Crippen molar-refractivity contribution in [2.75, 3.05) is 11.9 Å². The van der Waals surface area contributed by atoms with Crippen molar-refractivity contribution in [2.24, 2.45) is 5.73 Å². The first kappa shape index (κ1) is 13.2. The van der Waals surface area contributed by atoms with Gasteiger partial charge in [-0.1, -0.05) is 22.0 Å². The topological polar surface area (TPSA) is 42.4 Å². The van der Waals surface area contributed by atoms with Crippen molar-refractivity contribution in [2.45, 2.75) is 20.0 Å². The number of benzene rings is 1. The van der Waals surface area contributed by atoms with E-state index in [0.717, 1.165) is 33.8 Å². The van der Waals surface area contributed by atoms with E-state index in [1.54, 1.807) is 0 Å². The van der Waals surface area contributed by atoms with Crippen molar-refractivity contribution >= 4 is 21.6 Å². The summed E-state index contributed by atoms with van der Waals surface area (Å²) < 4.78 is 6.64. The summed E-state index contributed by atoms with van der Waals surface area (Å²) in [6.45, 7) is 3.20. The normalized spacial score (nSPS) is 10.7. The van der Waals surface area contributed by atoms with Crippen LogP contribution in [-0.4, -0.2) is 7.05 Å². The third-order valence-electron chi connectivity index (χ3n) is 2.90. The van der Waals surface area contributed by atoms with Crippen LogP contribution in [0.3, 0.4) is 0 Å². The highest BCUT2D eigenvalue weighted by Crippen LogP contribution is 2.27. The molecule has 18 heavy (non-hydrogen) atoms. The van der Waals surface area contributed by atoms with Gasteiger partial charge in [0.2, 0.25) is 0 Å². The molecule has 2 rings (SSSR count). The van der Waals surface area contributed by atoms with Crippen molar-refractivity contribution in [1.29, 1.82) is 0 Å². The highest BCUT2D eigenvalue weighted by atomic mass is 79.9. The number of hydrogen-bond donors (Lipinski definition) is 1. The van der Waals surface area contributed by atoms with E-state index in [-0.39, 0.29) is 0 Å². The van der Waals surface area contributed by atoms with Crippen LogP contribution in [0.15, 0.2) is 39.2 Å². The second-order valence-corrected chi connectivity index (χ2v) is 5.16. The minimum atomic E-state index is 0.512. The van der Waals surface area contributed by atoms with Gasteiger partial charge in [0.25, 0.3) is 0 Å². The Hall–Kier alpha value is -1.26. The first-order chi connectivity index (χ1) is 8.61. The highest BCUT2D eigenvalue weighted by molar-refractivity contribution is 9.10. The van der Waals surface area contributed by atoms with E-state index in [9.17, 15) is 0 Å². The molecule has 0 aliphatic heterocycles. The van der Waals surface area contributed by atoms with E-state index in [1.807, 2.05) is 38.2 Å². The Bertz CT molecular complexity index is 536. The van der Waals surface area contributed by atoms with E-state index in [0.29, 0.717) is 6.54 Å². The molecule has 96 valence electrons. The molecule has 0 bridgehead atoms. The zero-order chi connectivity index (χ0) is 13.1. The van der Waals surface area contributed by atoms with E-state index in [4.69, 9.17) is 10.2 Å². The highest BCUT2D eigenvalue weighted by Gasteiger charge is 2.11. The van der Waals surface area contributed by atoms with Crippen LogP contribution in [0.25, 0.3) is 0 Å². The third-order valence-corrected chi connectivity index (χ3v) is 3.64. The van der Waals surface area contributed by atoms with Gasteiger partial charge in [-0.3, -0.25) is 0 Å². The van der Waals surface area contributed by atoms with E-state index < -0.39 is 0 Å². The molecule has 0 saturated heterocycles. The summed E-state index contributed by atoms with van der Waals surface area (Å²) >= 11 is 3.54. The number of aryl methyl sites for hydroxylation is 1. The van der Waals surface area contributed by atoms with Gasteiger partial charge in [-0.25, -0.2) is 0 Å². The molecule has 4 heteroatoms. The molecule has 0 aliphatic rings. The number of hydrogen-bond acceptors (Lipinski definition) is 3. The predicted octanol–water partition coefficient (Wildman–Crippen LogP) is 3.45. The lowest BCUT2D eigenvalue weighted by atomic mass is 10.1. The zero-order valence-corrected chi connectivity index (χ0v) is 12.2. The molecular formula is C14H17BrN2O. The maximum Gasteiger partial charge on any atom is 0.123 e. The molecule has 0 atom stereocenters. The molecule has 3 nitrogen and oxygen atoms in total. The Labute approximate surface area is 116 Å². The van der Waals surface area contributed by atoms with Gasteiger partial charge in [-0.2, -0.15) is 0 Å². The molecule has 0 radical (unpaired) electrons. The van der Waals surface area contributed by atoms with Gasteiger partial charge in [0.1, 0.15) is 11.5 Å². The summed E-state index contributed by atoms with van der Waals surface area (Å²) in [6.07, 6.45) is 0. The molecule has 0 fully saturated rings. The van der Waals surface area contributed by atoms with Gasteiger partial charge in [0.05, 0.1) is 6.54 Å². The Morgan fingerprint density at radius 3 is 2.67 bits per heavy atom. The number of rotatable bonds is 4. The van der Waals surface area contributed by atoms with Crippen LogP contribution < -0.4 is 10.6 Å². The summed E-state index contributed by atoms with van der Waals surface area (Å²) in [4.78, 5) is 2.14. The Morgan fingerprint density at radius 1 is 1.28 bits per heavy atom. The third kappa shape index (κ3) is 2.76. The molecule has 1 aromatic carbocycles. The van der Waals surface area contributed by atoms with Crippen molar-refractivity contribution in [3.63, 3.8) is 0 Å². The van der Waals surface area contributed by atoms with Gasteiger partial charge in [-0.15, -0.1) is 0 Å². The molecular weight excluding hydrogens is 292 g/mol. The Morgan fingerprint density at radius 2 is 2.06 bits per heavy atom. The standard InChI is InChI=1S/C14H17BrN2O/c1-10-6-7-11(18-10)9-17(2)14-5-3-4-13(15)12(14)8-16/h3-7H,8-9,16H2,1-2H3. The fourth-order valence-corrected chi connectivity index (χ4v) is 2.51. The lowest BCUT2D eigenvalue weighted by Gasteiger charge is -2.21. The van der Waals surface area contributed by atoms with Crippen LogP contribution in [-0.2, 0) is 13.1 Å². The number of nitrogens with zero attached hydrogens (tertiary/aromatic N) is 1. The zero-order valence-electron chi connectivity index (χ0n) is 10.6. The fraction of sp³-hybridized carbons (Fsp3) is 0.286. The average Bonchev–Trinajstić information content (AvgIpc) is 2.74. The first-order valence-corrected chi connectivity index (χ1v) is 6.65. The van der Waals surface area contributed by atoms with Crippen LogP contribution in [0.4, 0.5) is 5.69 Å². The van der Waals surface area contributed by atoms with Crippen molar-refractivity contribution < 1.29 is 4.42 Å². The van der Waals surface area contributed by atoms with Crippen molar-refractivity contribution in [1.82, 2.24) is 0 Å². The van der Waals surface area contributed by atoms with Gasteiger partial charge in [0.15, 0.2) is 0 Å². The maximum absolute atomic E-state index is 5.81. The number of furan rings is 1. The van der Waals surface area contributed by atoms with E-state index >= 15 is 0 Å². The number of halogens is 1. The van der Waals surface area contributed by atoms with Crippen LogP contribution in [0.5, 0.6) is 0 Å². The minimum absolute atomic E-state index is 0.512. The lowest BCUT2D eigenvalue weighted by molar-refractivity contribution is 0.481. The van der Waals surface area contributed by atoms with Gasteiger partial charge in [-0.05, 0) is 31.2 Å². The van der Waals surface area contributed by atoms with Crippen LogP contribution in [0.1, 0.15) is 17.1 Å². The molecule has 0 unspecified atom stereocenters. The van der Waals surface area contributed by atoms with Gasteiger partial charge < -0.3 is 15.1 Å². The second-order valence-electron chi connectivity index (χ2n) is 4.31. The number of nitrogens with two attached hydrogens (primary N) is 1. The fourth-order valence-electron chi connectivity index (χ4n) is 2.00. The number of anilines is 1. The summed E-state index contributed by atoms with van der Waals surface area (Å²) in [5.74, 6) is 1.89. The monoisotopic (exact) mass is 308 g/mol. The van der Waals surface area contributed by atoms with Crippen LogP contribution >= 0.6 is 15.9 Å². The molecule has 0 saturated carbocycles. The maximum atomic E-state index is 5.81. The van der Waals surface area contributed by atoms with Gasteiger partial charge in [0, 0.05) is 29.3 Å². The SMILES string of the molecule is Cc1ccc(CN(C)c2cccc(Br)c2CN)o1. The van der Waals surface area contributed by atoms with Crippen molar-refractivity contribution in [3.05, 3.63) is 51.9 Å². The summed E-state index contributed by atoms with van der Waals surface area (Å²) in [5.41, 5.74) is 8.05. The van der Waals surface area contributed by atoms with Gasteiger partial charge >= 0.3 is 0 Å². The summed E-state index contributed by atoms with van der Waals surface area (Å²) in [5, 5.41) is 0. The molecule has 0 spiro atoms.